The Hall–Kier alpha value is -3.93. The summed E-state index contributed by atoms with van der Waals surface area (Å²) in [6, 6.07) is 26.2. The fourth-order valence-corrected chi connectivity index (χ4v) is 4.03. The van der Waals surface area contributed by atoms with Gasteiger partial charge in [0.25, 0.3) is 0 Å². The molecule has 0 spiro atoms. The molecule has 0 amide bonds. The lowest BCUT2D eigenvalue weighted by Crippen LogP contribution is -2.16. The molecule has 3 nitrogen and oxygen atoms in total. The van der Waals surface area contributed by atoms with Crippen LogP contribution < -0.4 is 4.74 Å². The number of nitrogens with zero attached hydrogens (tertiary/aromatic N) is 2. The predicted octanol–water partition coefficient (Wildman–Crippen LogP) is 6.24. The molecule has 6 heteroatoms. The van der Waals surface area contributed by atoms with Crippen molar-refractivity contribution < 1.29 is 13.4 Å². The SMILES string of the molecule is COc1ccc(C2=N/C(=C(/c3ccccc3)c3cc4ccccc4n3B(F)F)C=C2)cc1. The molecule has 0 atom stereocenters. The summed E-state index contributed by atoms with van der Waals surface area (Å²) in [5.74, 6) is 0.763. The van der Waals surface area contributed by atoms with E-state index < -0.39 is 7.40 Å². The van der Waals surface area contributed by atoms with Crippen LogP contribution >= 0.6 is 0 Å². The molecular weight excluding hydrogens is 405 g/mol. The Kier molecular flexibility index (Phi) is 5.19. The molecule has 156 valence electrons. The van der Waals surface area contributed by atoms with Crippen LogP contribution in [0.4, 0.5) is 8.63 Å². The number of para-hydroxylation sites is 1. The lowest BCUT2D eigenvalue weighted by atomic mass is 9.99. The highest BCUT2D eigenvalue weighted by Gasteiger charge is 2.27. The van der Waals surface area contributed by atoms with Crippen molar-refractivity contribution in [2.45, 2.75) is 0 Å². The van der Waals surface area contributed by atoms with E-state index in [2.05, 4.69) is 0 Å². The van der Waals surface area contributed by atoms with E-state index in [-0.39, 0.29) is 0 Å². The molecule has 4 aromatic rings. The van der Waals surface area contributed by atoms with Crippen LogP contribution in [0.3, 0.4) is 0 Å². The van der Waals surface area contributed by atoms with E-state index in [1.165, 1.54) is 0 Å². The van der Waals surface area contributed by atoms with Gasteiger partial charge >= 0.3 is 7.40 Å². The quantitative estimate of drug-likeness (QED) is 0.349. The normalized spacial score (nSPS) is 14.5. The van der Waals surface area contributed by atoms with Crippen LogP contribution in [0, 0.1) is 0 Å². The Morgan fingerprint density at radius 1 is 0.875 bits per heavy atom. The molecule has 0 N–H and O–H groups in total. The summed E-state index contributed by atoms with van der Waals surface area (Å²) in [7, 11) is -1.06. The van der Waals surface area contributed by atoms with E-state index >= 15 is 0 Å². The van der Waals surface area contributed by atoms with Gasteiger partial charge in [0.15, 0.2) is 0 Å². The predicted molar refractivity (Wildman–Crippen MR) is 126 cm³/mol. The first-order valence-corrected chi connectivity index (χ1v) is 10.2. The lowest BCUT2D eigenvalue weighted by Gasteiger charge is -2.13. The van der Waals surface area contributed by atoms with E-state index in [0.717, 1.165) is 32.5 Å². The summed E-state index contributed by atoms with van der Waals surface area (Å²) in [6.07, 6.45) is 3.80. The van der Waals surface area contributed by atoms with Gasteiger partial charge in [-0.3, -0.25) is 8.63 Å². The molecule has 0 radical (unpaired) electrons. The van der Waals surface area contributed by atoms with Crippen molar-refractivity contribution in [3.63, 3.8) is 0 Å². The summed E-state index contributed by atoms with van der Waals surface area (Å²) in [5.41, 5.74) is 4.78. The molecule has 2 heterocycles. The zero-order valence-electron chi connectivity index (χ0n) is 17.4. The Balaban J connectivity index is 1.73. The zero-order valence-corrected chi connectivity index (χ0v) is 17.4. The summed E-state index contributed by atoms with van der Waals surface area (Å²) >= 11 is 0. The first-order chi connectivity index (χ1) is 15.7. The van der Waals surface area contributed by atoms with Gasteiger partial charge in [0, 0.05) is 22.3 Å². The molecule has 1 aliphatic rings. The molecular formula is C26H19BF2N2O. The Bertz CT molecular complexity index is 1370. The molecule has 1 aromatic heterocycles. The first kappa shape index (κ1) is 20.0. The molecule has 0 bridgehead atoms. The number of halogens is 2. The Morgan fingerprint density at radius 3 is 2.31 bits per heavy atom. The average Bonchev–Trinajstić information content (AvgIpc) is 3.45. The number of hydrogen-bond acceptors (Lipinski definition) is 2. The van der Waals surface area contributed by atoms with Gasteiger partial charge < -0.3 is 9.21 Å². The summed E-state index contributed by atoms with van der Waals surface area (Å²) in [6.45, 7) is 0. The topological polar surface area (TPSA) is 26.5 Å². The van der Waals surface area contributed by atoms with E-state index in [4.69, 9.17) is 9.73 Å². The molecule has 32 heavy (non-hydrogen) atoms. The van der Waals surface area contributed by atoms with Crippen LogP contribution in [-0.4, -0.2) is 24.7 Å². The fraction of sp³-hybridized carbons (Fsp3) is 0.0385. The number of aromatic nitrogens is 1. The summed E-state index contributed by atoms with van der Waals surface area (Å²) in [4.78, 5) is 4.82. The number of benzene rings is 3. The van der Waals surface area contributed by atoms with Gasteiger partial charge in [-0.2, -0.15) is 0 Å². The third-order valence-electron chi connectivity index (χ3n) is 5.54. The highest BCUT2D eigenvalue weighted by atomic mass is 19.2. The number of fused-ring (bicyclic) bond motifs is 1. The third kappa shape index (κ3) is 3.54. The average molecular weight is 424 g/mol. The van der Waals surface area contributed by atoms with Crippen LogP contribution in [0.5, 0.6) is 5.75 Å². The van der Waals surface area contributed by atoms with Crippen LogP contribution in [-0.2, 0) is 0 Å². The standard InChI is InChI=1S/C26H19BF2N2O/c1-32-21-13-11-18(12-14-21)22-15-16-23(30-22)26(19-7-3-2-4-8-19)25-17-20-9-5-6-10-24(20)31(25)27(28)29/h2-17H,1H3/b26-23-. The Labute approximate surface area is 185 Å². The maximum atomic E-state index is 14.2. The number of methoxy groups -OCH3 is 1. The van der Waals surface area contributed by atoms with Crippen molar-refractivity contribution >= 4 is 29.6 Å². The highest BCUT2D eigenvalue weighted by molar-refractivity contribution is 6.43. The number of aliphatic imine (C=N–C) groups is 1. The van der Waals surface area contributed by atoms with Crippen LogP contribution in [0.25, 0.3) is 16.5 Å². The summed E-state index contributed by atoms with van der Waals surface area (Å²) < 4.78 is 34.8. The van der Waals surface area contributed by atoms with E-state index in [1.807, 2.05) is 84.9 Å². The van der Waals surface area contributed by atoms with Gasteiger partial charge in [0.05, 0.1) is 18.5 Å². The number of hydrogen-bond donors (Lipinski definition) is 0. The lowest BCUT2D eigenvalue weighted by molar-refractivity contribution is 0.415. The second-order valence-electron chi connectivity index (χ2n) is 7.42. The Morgan fingerprint density at radius 2 is 1.59 bits per heavy atom. The molecule has 0 unspecified atom stereocenters. The molecule has 0 saturated carbocycles. The summed E-state index contributed by atoms with van der Waals surface area (Å²) in [5, 5.41) is 0.762. The number of ether oxygens (including phenoxy) is 1. The molecule has 0 fully saturated rings. The maximum Gasteiger partial charge on any atom is 0.678 e. The monoisotopic (exact) mass is 424 g/mol. The van der Waals surface area contributed by atoms with Crippen molar-refractivity contribution in [1.29, 1.82) is 0 Å². The smallest absolute Gasteiger partial charge is 0.497 e. The van der Waals surface area contributed by atoms with Crippen LogP contribution in [0.2, 0.25) is 0 Å². The third-order valence-corrected chi connectivity index (χ3v) is 5.54. The van der Waals surface area contributed by atoms with Crippen molar-refractivity contribution in [1.82, 2.24) is 4.48 Å². The highest BCUT2D eigenvalue weighted by Crippen LogP contribution is 2.35. The van der Waals surface area contributed by atoms with Crippen LogP contribution in [0.15, 0.2) is 108 Å². The molecule has 0 aliphatic carbocycles. The zero-order chi connectivity index (χ0) is 22.1. The van der Waals surface area contributed by atoms with E-state index in [0.29, 0.717) is 22.5 Å². The van der Waals surface area contributed by atoms with Crippen molar-refractivity contribution in [3.8, 4) is 5.75 Å². The van der Waals surface area contributed by atoms with Crippen LogP contribution in [0.1, 0.15) is 16.8 Å². The van der Waals surface area contributed by atoms with Gasteiger partial charge in [0.1, 0.15) is 5.75 Å². The number of allylic oxidation sites excluding steroid dienone is 2. The van der Waals surface area contributed by atoms with Crippen molar-refractivity contribution in [3.05, 3.63) is 120 Å². The minimum Gasteiger partial charge on any atom is -0.497 e. The van der Waals surface area contributed by atoms with E-state index in [1.54, 1.807) is 19.2 Å². The molecule has 3 aromatic carbocycles. The van der Waals surface area contributed by atoms with Gasteiger partial charge in [-0.1, -0.05) is 48.5 Å². The first-order valence-electron chi connectivity index (χ1n) is 10.2. The van der Waals surface area contributed by atoms with Gasteiger partial charge in [0.2, 0.25) is 0 Å². The fourth-order valence-electron chi connectivity index (χ4n) is 4.03. The minimum atomic E-state index is -2.68. The van der Waals surface area contributed by atoms with Gasteiger partial charge in [-0.15, -0.1) is 0 Å². The number of rotatable bonds is 5. The van der Waals surface area contributed by atoms with E-state index in [9.17, 15) is 8.63 Å². The second-order valence-corrected chi connectivity index (χ2v) is 7.42. The second kappa shape index (κ2) is 8.31. The molecule has 1 aliphatic heterocycles. The molecule has 5 rings (SSSR count). The van der Waals surface area contributed by atoms with Crippen molar-refractivity contribution in [2.24, 2.45) is 4.99 Å². The van der Waals surface area contributed by atoms with Gasteiger partial charge in [-0.05, 0) is 59.5 Å². The van der Waals surface area contributed by atoms with Gasteiger partial charge in [-0.25, -0.2) is 4.99 Å². The minimum absolute atomic E-state index is 0.437. The van der Waals surface area contributed by atoms with Crippen molar-refractivity contribution in [2.75, 3.05) is 7.11 Å². The largest absolute Gasteiger partial charge is 0.678 e. The molecule has 0 saturated heterocycles. The maximum absolute atomic E-state index is 14.2.